The van der Waals surface area contributed by atoms with Gasteiger partial charge in [-0.3, -0.25) is 0 Å². The highest BCUT2D eigenvalue weighted by molar-refractivity contribution is 6.15. The summed E-state index contributed by atoms with van der Waals surface area (Å²) in [6, 6.07) is 48.2. The largest absolute Gasteiger partial charge is 0.310 e. The number of fused-ring (bicyclic) bond motifs is 3. The third kappa shape index (κ3) is 4.74. The van der Waals surface area contributed by atoms with Crippen LogP contribution in [0.3, 0.4) is 0 Å². The maximum absolute atomic E-state index is 9.94. The van der Waals surface area contributed by atoms with E-state index >= 15 is 0 Å². The van der Waals surface area contributed by atoms with Gasteiger partial charge < -0.3 is 4.90 Å². The first-order valence-electron chi connectivity index (χ1n) is 14.5. The maximum atomic E-state index is 9.94. The Labute approximate surface area is 257 Å². The molecular formula is C41H27N3. The molecule has 7 aromatic rings. The van der Waals surface area contributed by atoms with Crippen molar-refractivity contribution in [3.63, 3.8) is 0 Å². The second-order valence-corrected chi connectivity index (χ2v) is 10.9. The standard InChI is InChI=1S/C41H27N3/c1-28-14-21-32(22-15-28)44(40-13-7-9-31-8-3-4-10-34(31)40)33-23-18-29(19-24-33)16-17-30-20-25-36-38(26-30)41(43-2)37-12-6-5-11-35(37)39(36)27-42/h3-26H,1H3/b17-16+. The van der Waals surface area contributed by atoms with E-state index < -0.39 is 0 Å². The van der Waals surface area contributed by atoms with Crippen LogP contribution in [-0.2, 0) is 0 Å². The Balaban J connectivity index is 1.26. The zero-order valence-corrected chi connectivity index (χ0v) is 24.2. The summed E-state index contributed by atoms with van der Waals surface area (Å²) in [7, 11) is 0. The second kappa shape index (κ2) is 11.3. The highest BCUT2D eigenvalue weighted by atomic mass is 15.1. The van der Waals surface area contributed by atoms with Gasteiger partial charge in [-0.05, 0) is 75.3 Å². The van der Waals surface area contributed by atoms with Crippen molar-refractivity contribution in [3.05, 3.63) is 167 Å². The van der Waals surface area contributed by atoms with Crippen molar-refractivity contribution in [2.45, 2.75) is 6.92 Å². The minimum Gasteiger partial charge on any atom is -0.310 e. The van der Waals surface area contributed by atoms with Crippen LogP contribution < -0.4 is 4.90 Å². The zero-order valence-electron chi connectivity index (χ0n) is 24.2. The Morgan fingerprint density at radius 2 is 1.20 bits per heavy atom. The van der Waals surface area contributed by atoms with Crippen LogP contribution in [0.2, 0.25) is 0 Å². The summed E-state index contributed by atoms with van der Waals surface area (Å²) < 4.78 is 0. The minimum absolute atomic E-state index is 0.582. The van der Waals surface area contributed by atoms with Gasteiger partial charge in [0, 0.05) is 16.8 Å². The molecule has 0 saturated heterocycles. The zero-order chi connectivity index (χ0) is 30.0. The third-order valence-corrected chi connectivity index (χ3v) is 8.16. The molecule has 0 aliphatic rings. The smallest absolute Gasteiger partial charge is 0.202 e. The predicted molar refractivity (Wildman–Crippen MR) is 185 cm³/mol. The monoisotopic (exact) mass is 561 g/mol. The molecule has 0 heterocycles. The first kappa shape index (κ1) is 26.7. The summed E-state index contributed by atoms with van der Waals surface area (Å²) in [5, 5.41) is 15.6. The number of hydrogen-bond donors (Lipinski definition) is 0. The molecule has 0 radical (unpaired) electrons. The van der Waals surface area contributed by atoms with Crippen molar-refractivity contribution in [2.24, 2.45) is 0 Å². The van der Waals surface area contributed by atoms with Gasteiger partial charge >= 0.3 is 0 Å². The van der Waals surface area contributed by atoms with Crippen LogP contribution in [-0.4, -0.2) is 0 Å². The Morgan fingerprint density at radius 1 is 0.614 bits per heavy atom. The predicted octanol–water partition coefficient (Wildman–Crippen LogP) is 11.5. The summed E-state index contributed by atoms with van der Waals surface area (Å²) in [4.78, 5) is 6.18. The van der Waals surface area contributed by atoms with E-state index in [1.807, 2.05) is 42.5 Å². The van der Waals surface area contributed by atoms with Crippen LogP contribution in [0.15, 0.2) is 133 Å². The number of benzene rings is 7. The molecule has 0 spiro atoms. The van der Waals surface area contributed by atoms with E-state index in [4.69, 9.17) is 6.57 Å². The summed E-state index contributed by atoms with van der Waals surface area (Å²) >= 11 is 0. The van der Waals surface area contributed by atoms with Gasteiger partial charge in [-0.2, -0.15) is 5.26 Å². The van der Waals surface area contributed by atoms with Crippen molar-refractivity contribution in [3.8, 4) is 6.07 Å². The van der Waals surface area contributed by atoms with Crippen molar-refractivity contribution in [1.29, 1.82) is 5.26 Å². The molecule has 0 bridgehead atoms. The van der Waals surface area contributed by atoms with Gasteiger partial charge in [-0.15, -0.1) is 0 Å². The average molecular weight is 562 g/mol. The molecule has 7 aromatic carbocycles. The summed E-state index contributed by atoms with van der Waals surface area (Å²) in [6.45, 7) is 10.0. The van der Waals surface area contributed by atoms with Crippen molar-refractivity contribution < 1.29 is 0 Å². The Kier molecular flexibility index (Phi) is 6.84. The first-order chi connectivity index (χ1) is 21.6. The topological polar surface area (TPSA) is 31.4 Å². The number of rotatable bonds is 5. The molecule has 0 aliphatic heterocycles. The van der Waals surface area contributed by atoms with E-state index in [0.29, 0.717) is 11.3 Å². The van der Waals surface area contributed by atoms with Gasteiger partial charge in [0.25, 0.3) is 0 Å². The minimum atomic E-state index is 0.582. The molecule has 0 N–H and O–H groups in total. The fourth-order valence-corrected chi connectivity index (χ4v) is 5.97. The molecule has 3 heteroatoms. The van der Waals surface area contributed by atoms with Gasteiger partial charge in [0.2, 0.25) is 5.69 Å². The molecule has 3 nitrogen and oxygen atoms in total. The lowest BCUT2D eigenvalue weighted by atomic mass is 9.94. The molecule has 0 unspecified atom stereocenters. The molecule has 0 aromatic heterocycles. The van der Waals surface area contributed by atoms with Crippen LogP contribution in [0.4, 0.5) is 22.7 Å². The van der Waals surface area contributed by atoms with E-state index in [2.05, 4.69) is 126 Å². The molecule has 0 atom stereocenters. The maximum Gasteiger partial charge on any atom is 0.202 e. The Hall–Kier alpha value is -6.16. The molecule has 7 rings (SSSR count). The highest BCUT2D eigenvalue weighted by Gasteiger charge is 2.16. The first-order valence-corrected chi connectivity index (χ1v) is 14.5. The molecule has 0 amide bonds. The summed E-state index contributed by atoms with van der Waals surface area (Å²) in [5.41, 5.74) is 7.77. The normalized spacial score (nSPS) is 11.2. The second-order valence-electron chi connectivity index (χ2n) is 10.9. The van der Waals surface area contributed by atoms with Gasteiger partial charge in [0.15, 0.2) is 0 Å². The van der Waals surface area contributed by atoms with E-state index in [1.165, 1.54) is 16.3 Å². The number of aryl methyl sites for hydroxylation is 1. The van der Waals surface area contributed by atoms with Gasteiger partial charge in [0.1, 0.15) is 6.07 Å². The molecular weight excluding hydrogens is 534 g/mol. The van der Waals surface area contributed by atoms with Crippen LogP contribution >= 0.6 is 0 Å². The molecule has 44 heavy (non-hydrogen) atoms. The SMILES string of the molecule is [C-]#[N+]c1c2ccccc2c(C#N)c2ccc(/C=C/c3ccc(N(c4ccc(C)cc4)c4cccc5ccccc45)cc3)cc12. The van der Waals surface area contributed by atoms with Crippen LogP contribution in [0.25, 0.3) is 49.3 Å². The van der Waals surface area contributed by atoms with Gasteiger partial charge in [-0.25, -0.2) is 4.85 Å². The van der Waals surface area contributed by atoms with Gasteiger partial charge in [-0.1, -0.05) is 121 Å². The van der Waals surface area contributed by atoms with Crippen molar-refractivity contribution >= 4 is 67.2 Å². The quantitative estimate of drug-likeness (QED) is 0.119. The Morgan fingerprint density at radius 3 is 1.93 bits per heavy atom. The lowest BCUT2D eigenvalue weighted by Crippen LogP contribution is -2.10. The summed E-state index contributed by atoms with van der Waals surface area (Å²) in [6.07, 6.45) is 4.15. The fourth-order valence-electron chi connectivity index (χ4n) is 5.97. The Bertz CT molecular complexity index is 2290. The third-order valence-electron chi connectivity index (χ3n) is 8.16. The number of hydrogen-bond acceptors (Lipinski definition) is 2. The molecule has 0 fully saturated rings. The van der Waals surface area contributed by atoms with E-state index in [1.54, 1.807) is 0 Å². The van der Waals surface area contributed by atoms with E-state index in [9.17, 15) is 5.26 Å². The van der Waals surface area contributed by atoms with Crippen LogP contribution in [0.1, 0.15) is 22.3 Å². The van der Waals surface area contributed by atoms with E-state index in [-0.39, 0.29) is 0 Å². The average Bonchev–Trinajstić information content (AvgIpc) is 3.07. The van der Waals surface area contributed by atoms with Crippen molar-refractivity contribution in [2.75, 3.05) is 4.90 Å². The lowest BCUT2D eigenvalue weighted by molar-refractivity contribution is 1.29. The van der Waals surface area contributed by atoms with Crippen LogP contribution in [0.5, 0.6) is 0 Å². The highest BCUT2D eigenvalue weighted by Crippen LogP contribution is 2.40. The van der Waals surface area contributed by atoms with E-state index in [0.717, 1.165) is 49.7 Å². The van der Waals surface area contributed by atoms with Crippen molar-refractivity contribution in [1.82, 2.24) is 0 Å². The fraction of sp³-hybridized carbons (Fsp3) is 0.0244. The molecule has 206 valence electrons. The molecule has 0 aliphatic carbocycles. The lowest BCUT2D eigenvalue weighted by Gasteiger charge is -2.27. The molecule has 0 saturated carbocycles. The van der Waals surface area contributed by atoms with Crippen LogP contribution in [0, 0.1) is 24.8 Å². The summed E-state index contributed by atoms with van der Waals surface area (Å²) in [5.74, 6) is 0. The van der Waals surface area contributed by atoms with Gasteiger partial charge in [0.05, 0.1) is 17.8 Å². The number of nitriles is 1. The number of nitrogens with zero attached hydrogens (tertiary/aromatic N) is 3. The number of anilines is 3.